The Hall–Kier alpha value is 0.172. The SMILES string of the molecule is CC(C)c1c[c-]cc(C(C)C)c1.[CH2-]Cl.[Pd+2]. The minimum atomic E-state index is 0. The monoisotopic (exact) mass is 316 g/mol. The van der Waals surface area contributed by atoms with Crippen LogP contribution in [0.1, 0.15) is 50.7 Å². The average Bonchev–Trinajstić information content (AvgIpc) is 2.21. The number of hydrogen-bond acceptors (Lipinski definition) is 0. The van der Waals surface area contributed by atoms with Crippen LogP contribution in [0.25, 0.3) is 0 Å². The summed E-state index contributed by atoms with van der Waals surface area (Å²) in [7, 11) is 0. The third-order valence-corrected chi connectivity index (χ3v) is 2.17. The number of halogens is 1. The van der Waals surface area contributed by atoms with Crippen LogP contribution in [0.2, 0.25) is 0 Å². The Morgan fingerprint density at radius 1 is 1.00 bits per heavy atom. The van der Waals surface area contributed by atoms with Gasteiger partial charge in [0.25, 0.3) is 0 Å². The average molecular weight is 317 g/mol. The van der Waals surface area contributed by atoms with Crippen molar-refractivity contribution < 1.29 is 20.4 Å². The Morgan fingerprint density at radius 2 is 1.33 bits per heavy atom. The summed E-state index contributed by atoms with van der Waals surface area (Å²) in [6.07, 6.45) is 2.72. The molecule has 0 nitrogen and oxygen atoms in total. The zero-order chi connectivity index (χ0) is 11.1. The largest absolute Gasteiger partial charge is 2.00 e. The molecule has 1 aromatic rings. The van der Waals surface area contributed by atoms with Crippen LogP contribution in [0.3, 0.4) is 0 Å². The van der Waals surface area contributed by atoms with Gasteiger partial charge in [0.05, 0.1) is 0 Å². The molecule has 1 aromatic carbocycles. The molecule has 0 fully saturated rings. The summed E-state index contributed by atoms with van der Waals surface area (Å²) < 4.78 is 0. The van der Waals surface area contributed by atoms with Gasteiger partial charge in [-0.25, -0.2) is 0 Å². The van der Waals surface area contributed by atoms with Crippen molar-refractivity contribution in [3.05, 3.63) is 41.8 Å². The van der Waals surface area contributed by atoms with E-state index in [1.807, 2.05) is 0 Å². The predicted molar refractivity (Wildman–Crippen MR) is 64.7 cm³/mol. The molecule has 0 aliphatic carbocycles. The second-order valence-electron chi connectivity index (χ2n) is 3.91. The first-order chi connectivity index (χ1) is 6.61. The topological polar surface area (TPSA) is 0 Å². The van der Waals surface area contributed by atoms with Gasteiger partial charge in [0.2, 0.25) is 0 Å². The van der Waals surface area contributed by atoms with Gasteiger partial charge < -0.3 is 11.6 Å². The van der Waals surface area contributed by atoms with Crippen molar-refractivity contribution in [3.8, 4) is 0 Å². The van der Waals surface area contributed by atoms with Gasteiger partial charge in [0.15, 0.2) is 0 Å². The fraction of sp³-hybridized carbons (Fsp3) is 0.462. The third-order valence-electron chi connectivity index (χ3n) is 2.17. The molecule has 0 atom stereocenters. The molecule has 0 radical (unpaired) electrons. The van der Waals surface area contributed by atoms with E-state index in [4.69, 9.17) is 0 Å². The van der Waals surface area contributed by atoms with E-state index in [2.05, 4.69) is 69.9 Å². The molecule has 0 spiro atoms. The van der Waals surface area contributed by atoms with E-state index < -0.39 is 0 Å². The molecule has 2 heteroatoms. The van der Waals surface area contributed by atoms with Crippen molar-refractivity contribution >= 4 is 11.6 Å². The van der Waals surface area contributed by atoms with E-state index in [9.17, 15) is 0 Å². The van der Waals surface area contributed by atoms with Gasteiger partial charge in [0, 0.05) is 0 Å². The number of benzene rings is 1. The molecule has 0 amide bonds. The van der Waals surface area contributed by atoms with Crippen molar-refractivity contribution in [3.63, 3.8) is 0 Å². The molecule has 0 saturated carbocycles. The third kappa shape index (κ3) is 6.36. The Balaban J connectivity index is 0. The summed E-state index contributed by atoms with van der Waals surface area (Å²) in [6.45, 7) is 8.86. The first-order valence-electron chi connectivity index (χ1n) is 4.89. The van der Waals surface area contributed by atoms with Gasteiger partial charge in [-0.15, -0.1) is 0 Å². The number of rotatable bonds is 2. The van der Waals surface area contributed by atoms with Crippen LogP contribution >= 0.6 is 11.6 Å². The van der Waals surface area contributed by atoms with Crippen molar-refractivity contribution in [2.45, 2.75) is 39.5 Å². The maximum Gasteiger partial charge on any atom is 2.00 e. The summed E-state index contributed by atoms with van der Waals surface area (Å²) in [4.78, 5) is 0. The van der Waals surface area contributed by atoms with Crippen molar-refractivity contribution in [1.29, 1.82) is 0 Å². The van der Waals surface area contributed by atoms with E-state index in [1.165, 1.54) is 11.1 Å². The minimum Gasteiger partial charge on any atom is -0.352 e. The molecule has 0 unspecified atom stereocenters. The Labute approximate surface area is 113 Å². The maximum absolute atomic E-state index is 4.39. The van der Waals surface area contributed by atoms with Gasteiger partial charge in [-0.05, 0) is 0 Å². The fourth-order valence-corrected chi connectivity index (χ4v) is 1.18. The molecule has 15 heavy (non-hydrogen) atoms. The molecule has 0 N–H and O–H groups in total. The van der Waals surface area contributed by atoms with Crippen LogP contribution in [-0.2, 0) is 20.4 Å². The molecular weight excluding hydrogens is 298 g/mol. The van der Waals surface area contributed by atoms with Crippen LogP contribution in [0.5, 0.6) is 0 Å². The molecule has 0 aromatic heterocycles. The first kappa shape index (κ1) is 17.6. The second kappa shape index (κ2) is 9.40. The zero-order valence-corrected chi connectivity index (χ0v) is 12.1. The summed E-state index contributed by atoms with van der Waals surface area (Å²) in [5, 5.41) is 0. The van der Waals surface area contributed by atoms with E-state index in [-0.39, 0.29) is 20.4 Å². The minimum absolute atomic E-state index is 0. The van der Waals surface area contributed by atoms with Crippen molar-refractivity contribution in [1.82, 2.24) is 0 Å². The zero-order valence-electron chi connectivity index (χ0n) is 9.79. The molecule has 1 rings (SSSR count). The Morgan fingerprint density at radius 3 is 1.60 bits per heavy atom. The first-order valence-corrected chi connectivity index (χ1v) is 5.42. The van der Waals surface area contributed by atoms with Gasteiger partial charge in [-0.3, -0.25) is 6.38 Å². The second-order valence-corrected chi connectivity index (χ2v) is 3.91. The molecule has 0 heterocycles. The Kier molecular flexibility index (Phi) is 11.0. The van der Waals surface area contributed by atoms with E-state index >= 15 is 0 Å². The van der Waals surface area contributed by atoms with Gasteiger partial charge >= 0.3 is 20.4 Å². The molecule has 0 aliphatic rings. The molecular formula is C13H19ClPd. The quantitative estimate of drug-likeness (QED) is 0.545. The molecule has 0 aliphatic heterocycles. The molecule has 88 valence electrons. The van der Waals surface area contributed by atoms with Crippen LogP contribution in [0.4, 0.5) is 0 Å². The van der Waals surface area contributed by atoms with E-state index in [0.717, 1.165) is 0 Å². The summed E-state index contributed by atoms with van der Waals surface area (Å²) in [5.41, 5.74) is 2.78. The maximum atomic E-state index is 4.39. The van der Waals surface area contributed by atoms with Gasteiger partial charge in [-0.2, -0.15) is 35.4 Å². The van der Waals surface area contributed by atoms with Crippen LogP contribution in [0, 0.1) is 12.4 Å². The smallest absolute Gasteiger partial charge is 0.352 e. The normalized spacial score (nSPS) is 9.33. The standard InChI is InChI=1S/C12H17.CH2Cl.Pd/c1-9(2)11-6-5-7-12(8-11)10(3)4;1-2;/h6-10H,1-4H3;1H2;/q2*-1;+2. The molecule has 0 bridgehead atoms. The summed E-state index contributed by atoms with van der Waals surface area (Å²) >= 11 is 4.39. The van der Waals surface area contributed by atoms with Gasteiger partial charge in [-0.1, -0.05) is 39.5 Å². The predicted octanol–water partition coefficient (Wildman–Crippen LogP) is 4.75. The van der Waals surface area contributed by atoms with Crippen LogP contribution < -0.4 is 0 Å². The molecule has 0 saturated heterocycles. The van der Waals surface area contributed by atoms with Crippen LogP contribution in [0.15, 0.2) is 18.2 Å². The Bertz CT molecular complexity index is 233. The van der Waals surface area contributed by atoms with Crippen molar-refractivity contribution in [2.24, 2.45) is 0 Å². The van der Waals surface area contributed by atoms with E-state index in [0.29, 0.717) is 11.8 Å². The number of hydrogen-bond donors (Lipinski definition) is 0. The van der Waals surface area contributed by atoms with Crippen LogP contribution in [-0.4, -0.2) is 0 Å². The summed E-state index contributed by atoms with van der Waals surface area (Å²) in [5.74, 6) is 1.22. The summed E-state index contributed by atoms with van der Waals surface area (Å²) in [6, 6.07) is 9.64. The van der Waals surface area contributed by atoms with E-state index in [1.54, 1.807) is 0 Å². The van der Waals surface area contributed by atoms with Gasteiger partial charge in [0.1, 0.15) is 0 Å². The fourth-order valence-electron chi connectivity index (χ4n) is 1.18. The van der Waals surface area contributed by atoms with Crippen molar-refractivity contribution in [2.75, 3.05) is 0 Å².